The van der Waals surface area contributed by atoms with Gasteiger partial charge in [-0.3, -0.25) is 9.59 Å². The molecule has 0 aliphatic carbocycles. The zero-order chi connectivity index (χ0) is 21.9. The Balaban J connectivity index is 1.79. The first-order chi connectivity index (χ1) is 14.9. The van der Waals surface area contributed by atoms with Crippen molar-refractivity contribution in [2.75, 3.05) is 0 Å². The third kappa shape index (κ3) is 2.58. The van der Waals surface area contributed by atoms with Gasteiger partial charge in [-0.2, -0.15) is 0 Å². The van der Waals surface area contributed by atoms with Gasteiger partial charge in [-0.1, -0.05) is 13.8 Å². The largest absolute Gasteiger partial charge is 0.458 e. The van der Waals surface area contributed by atoms with Crippen molar-refractivity contribution in [3.05, 3.63) is 56.9 Å². The van der Waals surface area contributed by atoms with Gasteiger partial charge in [0.15, 0.2) is 5.60 Å². The van der Waals surface area contributed by atoms with E-state index in [1.807, 2.05) is 6.92 Å². The number of pyridine rings is 2. The number of aliphatic hydroxyl groups is 1. The van der Waals surface area contributed by atoms with E-state index in [9.17, 15) is 19.5 Å². The summed E-state index contributed by atoms with van der Waals surface area (Å²) in [6, 6.07) is 6.91. The van der Waals surface area contributed by atoms with Crippen LogP contribution in [0.5, 0.6) is 5.75 Å². The van der Waals surface area contributed by atoms with Gasteiger partial charge in [-0.15, -0.1) is 0 Å². The van der Waals surface area contributed by atoms with Crippen LogP contribution in [0.25, 0.3) is 22.3 Å². The number of ether oxygens (including phenoxy) is 2. The van der Waals surface area contributed by atoms with E-state index in [-0.39, 0.29) is 18.6 Å². The lowest BCUT2D eigenvalue weighted by Crippen LogP contribution is -2.44. The first-order valence-electron chi connectivity index (χ1n) is 10.2. The summed E-state index contributed by atoms with van der Waals surface area (Å²) in [7, 11) is 0. The van der Waals surface area contributed by atoms with Crippen LogP contribution < -0.4 is 10.3 Å². The Morgan fingerprint density at radius 2 is 2.06 bits per heavy atom. The Bertz CT molecular complexity index is 1340. The zero-order valence-corrected chi connectivity index (χ0v) is 17.1. The number of rotatable bonds is 4. The summed E-state index contributed by atoms with van der Waals surface area (Å²) in [4.78, 5) is 41.1. The molecule has 8 nitrogen and oxygen atoms in total. The Morgan fingerprint density at radius 1 is 1.26 bits per heavy atom. The summed E-state index contributed by atoms with van der Waals surface area (Å²) in [5.74, 6) is -0.320. The molecule has 2 aliphatic rings. The summed E-state index contributed by atoms with van der Waals surface area (Å²) < 4.78 is 11.7. The molecule has 0 saturated carbocycles. The molecule has 1 atom stereocenters. The fourth-order valence-corrected chi connectivity index (χ4v) is 4.67. The van der Waals surface area contributed by atoms with Gasteiger partial charge in [-0.25, -0.2) is 9.78 Å². The molecule has 0 amide bonds. The average molecular weight is 420 g/mol. The highest BCUT2D eigenvalue weighted by atomic mass is 16.6. The number of esters is 1. The highest BCUT2D eigenvalue weighted by Crippen LogP contribution is 2.40. The third-order valence-corrected chi connectivity index (χ3v) is 6.31. The van der Waals surface area contributed by atoms with Gasteiger partial charge < -0.3 is 19.1 Å². The fourth-order valence-electron chi connectivity index (χ4n) is 4.67. The minimum absolute atomic E-state index is 0.0967. The van der Waals surface area contributed by atoms with E-state index in [0.717, 1.165) is 16.5 Å². The molecule has 31 heavy (non-hydrogen) atoms. The standard InChI is InChI=1S/C23H20N2O6/c1-3-13-14-7-12(31-11-26)5-6-18(14)24-20-15(13)9-25-19(20)8-17-16(21(25)27)10-30-22(28)23(17,29)4-2/h5-8,11,29H,3-4,9-10H2,1-2H3/t23-/m0/s1. The maximum Gasteiger partial charge on any atom is 0.343 e. The third-order valence-electron chi connectivity index (χ3n) is 6.31. The van der Waals surface area contributed by atoms with Gasteiger partial charge in [0.25, 0.3) is 12.0 Å². The second-order valence-electron chi connectivity index (χ2n) is 7.77. The predicted octanol–water partition coefficient (Wildman–Crippen LogP) is 2.18. The van der Waals surface area contributed by atoms with Crippen LogP contribution in [-0.4, -0.2) is 27.1 Å². The van der Waals surface area contributed by atoms with Crippen LogP contribution >= 0.6 is 0 Å². The van der Waals surface area contributed by atoms with Gasteiger partial charge in [0.1, 0.15) is 12.4 Å². The fraction of sp³-hybridized carbons (Fsp3) is 0.304. The molecule has 0 bridgehead atoms. The van der Waals surface area contributed by atoms with Crippen molar-refractivity contribution in [3.8, 4) is 17.1 Å². The predicted molar refractivity (Wildman–Crippen MR) is 111 cm³/mol. The number of carbonyl (C=O) groups excluding carboxylic acids is 2. The lowest BCUT2D eigenvalue weighted by molar-refractivity contribution is -0.172. The Kier molecular flexibility index (Phi) is 4.23. The average Bonchev–Trinajstić information content (AvgIpc) is 3.14. The first kappa shape index (κ1) is 19.4. The Morgan fingerprint density at radius 3 is 2.77 bits per heavy atom. The van der Waals surface area contributed by atoms with Crippen LogP contribution in [0, 0.1) is 0 Å². The van der Waals surface area contributed by atoms with E-state index in [2.05, 4.69) is 0 Å². The molecule has 0 saturated heterocycles. The molecule has 0 fully saturated rings. The van der Waals surface area contributed by atoms with Crippen molar-refractivity contribution in [2.45, 2.75) is 45.4 Å². The molecular weight excluding hydrogens is 400 g/mol. The van der Waals surface area contributed by atoms with Crippen molar-refractivity contribution in [3.63, 3.8) is 0 Å². The second-order valence-corrected chi connectivity index (χ2v) is 7.77. The second kappa shape index (κ2) is 6.75. The van der Waals surface area contributed by atoms with E-state index >= 15 is 0 Å². The van der Waals surface area contributed by atoms with Crippen LogP contribution in [0.15, 0.2) is 29.1 Å². The molecule has 1 aromatic carbocycles. The molecule has 5 rings (SSSR count). The minimum atomic E-state index is -1.85. The number of nitrogens with zero attached hydrogens (tertiary/aromatic N) is 2. The van der Waals surface area contributed by atoms with Crippen LogP contribution in [0.1, 0.15) is 42.5 Å². The number of hydrogen-bond acceptors (Lipinski definition) is 7. The maximum absolute atomic E-state index is 13.3. The molecule has 158 valence electrons. The zero-order valence-electron chi connectivity index (χ0n) is 17.1. The molecule has 4 heterocycles. The van der Waals surface area contributed by atoms with Crippen molar-refractivity contribution in [2.24, 2.45) is 0 Å². The summed E-state index contributed by atoms with van der Waals surface area (Å²) in [6.07, 6.45) is 0.786. The highest BCUT2D eigenvalue weighted by Gasteiger charge is 2.45. The van der Waals surface area contributed by atoms with Gasteiger partial charge >= 0.3 is 5.97 Å². The summed E-state index contributed by atoms with van der Waals surface area (Å²) in [6.45, 7) is 4.25. The number of aromatic nitrogens is 2. The number of aryl methyl sites for hydroxylation is 1. The molecule has 0 spiro atoms. The first-order valence-corrected chi connectivity index (χ1v) is 10.2. The molecule has 3 aromatic rings. The molecule has 2 aliphatic heterocycles. The molecule has 8 heteroatoms. The van der Waals surface area contributed by atoms with Crippen molar-refractivity contribution < 1.29 is 24.2 Å². The van der Waals surface area contributed by atoms with Gasteiger partial charge in [0.2, 0.25) is 0 Å². The van der Waals surface area contributed by atoms with Crippen LogP contribution in [0.2, 0.25) is 0 Å². The van der Waals surface area contributed by atoms with Gasteiger partial charge in [0.05, 0.1) is 29.0 Å². The number of cyclic esters (lactones) is 1. The normalized spacial score (nSPS) is 18.9. The van der Waals surface area contributed by atoms with Crippen LogP contribution in [0.4, 0.5) is 0 Å². The van der Waals surface area contributed by atoms with E-state index < -0.39 is 11.6 Å². The molecule has 1 N–H and O–H groups in total. The molecular formula is C23H20N2O6. The highest BCUT2D eigenvalue weighted by molar-refractivity contribution is 5.90. The molecule has 2 aromatic heterocycles. The van der Waals surface area contributed by atoms with E-state index in [1.54, 1.807) is 35.8 Å². The minimum Gasteiger partial charge on any atom is -0.458 e. The van der Waals surface area contributed by atoms with Crippen LogP contribution in [-0.2, 0) is 39.5 Å². The molecule has 0 radical (unpaired) electrons. The van der Waals surface area contributed by atoms with E-state index in [0.29, 0.717) is 53.2 Å². The van der Waals surface area contributed by atoms with Gasteiger partial charge in [0, 0.05) is 16.5 Å². The molecule has 0 unspecified atom stereocenters. The Hall–Kier alpha value is -3.52. The van der Waals surface area contributed by atoms with Crippen LogP contribution in [0.3, 0.4) is 0 Å². The summed E-state index contributed by atoms with van der Waals surface area (Å²) in [5, 5.41) is 11.8. The van der Waals surface area contributed by atoms with E-state index in [1.165, 1.54) is 0 Å². The van der Waals surface area contributed by atoms with E-state index in [4.69, 9.17) is 14.5 Å². The lowest BCUT2D eigenvalue weighted by Gasteiger charge is -2.31. The topological polar surface area (TPSA) is 108 Å². The summed E-state index contributed by atoms with van der Waals surface area (Å²) in [5.41, 5.74) is 2.31. The SMILES string of the molecule is CCc1c2c(nc3ccc(OC=O)cc13)-c1cc3c(c(=O)n1C2)COC(=O)[C@]3(O)CC. The number of benzene rings is 1. The van der Waals surface area contributed by atoms with Crippen molar-refractivity contribution in [1.29, 1.82) is 0 Å². The van der Waals surface area contributed by atoms with Crippen molar-refractivity contribution >= 4 is 23.3 Å². The number of fused-ring (bicyclic) bond motifs is 5. The lowest BCUT2D eigenvalue weighted by atomic mass is 9.86. The monoisotopic (exact) mass is 420 g/mol. The van der Waals surface area contributed by atoms with Crippen molar-refractivity contribution in [1.82, 2.24) is 9.55 Å². The maximum atomic E-state index is 13.3. The number of hydrogen-bond donors (Lipinski definition) is 1. The Labute approximate surface area is 177 Å². The smallest absolute Gasteiger partial charge is 0.343 e. The number of carbonyl (C=O) groups is 2. The van der Waals surface area contributed by atoms with Gasteiger partial charge in [-0.05, 0) is 42.7 Å². The quantitative estimate of drug-likeness (QED) is 0.398. The summed E-state index contributed by atoms with van der Waals surface area (Å²) >= 11 is 0.